The minimum atomic E-state index is -0.397. The number of aryl methyl sites for hydroxylation is 1. The highest BCUT2D eigenvalue weighted by Crippen LogP contribution is 2.13. The van der Waals surface area contributed by atoms with Gasteiger partial charge in [-0.1, -0.05) is 0 Å². The number of aromatic nitrogens is 2. The molecule has 0 aliphatic carbocycles. The van der Waals surface area contributed by atoms with Crippen molar-refractivity contribution in [2.45, 2.75) is 20.3 Å². The first-order valence-corrected chi connectivity index (χ1v) is 6.55. The largest absolute Gasteiger partial charge is 0.463 e. The summed E-state index contributed by atoms with van der Waals surface area (Å²) in [5.41, 5.74) is 0.963. The Balaban J connectivity index is 1.95. The molecule has 2 heterocycles. The summed E-state index contributed by atoms with van der Waals surface area (Å²) in [6.07, 6.45) is 2.57. The van der Waals surface area contributed by atoms with Crippen LogP contribution in [0.25, 0.3) is 0 Å². The van der Waals surface area contributed by atoms with Crippen molar-refractivity contribution in [3.8, 4) is 6.01 Å². The number of ether oxygens (including phenoxy) is 2. The summed E-state index contributed by atoms with van der Waals surface area (Å²) in [5.74, 6) is 0.111. The number of hydrogen-bond acceptors (Lipinski definition) is 6. The molecule has 1 saturated heterocycles. The highest BCUT2D eigenvalue weighted by atomic mass is 16.5. The summed E-state index contributed by atoms with van der Waals surface area (Å²) in [4.78, 5) is 19.8. The third-order valence-electron chi connectivity index (χ3n) is 3.06. The SMILES string of the molecule is CCOC(=O)c1cnc(OCC2CCNC2)nc1C. The van der Waals surface area contributed by atoms with Gasteiger partial charge in [0.25, 0.3) is 0 Å². The van der Waals surface area contributed by atoms with E-state index in [4.69, 9.17) is 9.47 Å². The van der Waals surface area contributed by atoms with Crippen molar-refractivity contribution in [2.75, 3.05) is 26.3 Å². The van der Waals surface area contributed by atoms with Gasteiger partial charge in [0.05, 0.1) is 24.5 Å². The summed E-state index contributed by atoms with van der Waals surface area (Å²) in [5, 5.41) is 3.28. The molecule has 1 aliphatic rings. The molecule has 1 unspecified atom stereocenters. The van der Waals surface area contributed by atoms with Gasteiger partial charge in [-0.3, -0.25) is 0 Å². The molecule has 19 heavy (non-hydrogen) atoms. The first kappa shape index (κ1) is 13.7. The number of rotatable bonds is 5. The first-order valence-electron chi connectivity index (χ1n) is 6.55. The fourth-order valence-corrected chi connectivity index (χ4v) is 1.97. The molecular weight excluding hydrogens is 246 g/mol. The van der Waals surface area contributed by atoms with Crippen molar-refractivity contribution >= 4 is 5.97 Å². The predicted octanol–water partition coefficient (Wildman–Crippen LogP) is 0.950. The molecule has 1 atom stereocenters. The molecule has 1 aliphatic heterocycles. The second-order valence-corrected chi connectivity index (χ2v) is 4.54. The average molecular weight is 265 g/mol. The van der Waals surface area contributed by atoms with E-state index in [9.17, 15) is 4.79 Å². The highest BCUT2D eigenvalue weighted by molar-refractivity contribution is 5.90. The third-order valence-corrected chi connectivity index (χ3v) is 3.06. The van der Waals surface area contributed by atoms with Crippen LogP contribution in [0.5, 0.6) is 6.01 Å². The lowest BCUT2D eigenvalue weighted by atomic mass is 10.1. The molecule has 1 aromatic rings. The van der Waals surface area contributed by atoms with Crippen molar-refractivity contribution in [2.24, 2.45) is 5.92 Å². The van der Waals surface area contributed by atoms with E-state index in [-0.39, 0.29) is 0 Å². The van der Waals surface area contributed by atoms with E-state index < -0.39 is 5.97 Å². The number of carbonyl (C=O) groups excluding carboxylic acids is 1. The smallest absolute Gasteiger partial charge is 0.341 e. The van der Waals surface area contributed by atoms with Crippen LogP contribution < -0.4 is 10.1 Å². The van der Waals surface area contributed by atoms with Crippen LogP contribution in [0.4, 0.5) is 0 Å². The van der Waals surface area contributed by atoms with Gasteiger partial charge in [0.1, 0.15) is 0 Å². The topological polar surface area (TPSA) is 73.3 Å². The molecule has 0 saturated carbocycles. The van der Waals surface area contributed by atoms with Crippen LogP contribution in [0.15, 0.2) is 6.20 Å². The molecule has 1 fully saturated rings. The van der Waals surface area contributed by atoms with E-state index in [0.717, 1.165) is 19.5 Å². The van der Waals surface area contributed by atoms with Crippen molar-refractivity contribution in [1.29, 1.82) is 0 Å². The van der Waals surface area contributed by atoms with Crippen molar-refractivity contribution in [1.82, 2.24) is 15.3 Å². The Morgan fingerprint density at radius 3 is 3.05 bits per heavy atom. The molecule has 1 aromatic heterocycles. The molecule has 0 spiro atoms. The van der Waals surface area contributed by atoms with E-state index in [1.807, 2.05) is 0 Å². The van der Waals surface area contributed by atoms with Gasteiger partial charge in [0.15, 0.2) is 0 Å². The predicted molar refractivity (Wildman–Crippen MR) is 69.2 cm³/mol. The van der Waals surface area contributed by atoms with Crippen molar-refractivity contribution in [3.63, 3.8) is 0 Å². The second kappa shape index (κ2) is 6.47. The van der Waals surface area contributed by atoms with E-state index in [0.29, 0.717) is 36.4 Å². The van der Waals surface area contributed by atoms with Crippen LogP contribution in [-0.4, -0.2) is 42.2 Å². The third kappa shape index (κ3) is 3.64. The second-order valence-electron chi connectivity index (χ2n) is 4.54. The Morgan fingerprint density at radius 1 is 1.58 bits per heavy atom. The Bertz CT molecular complexity index is 445. The van der Waals surface area contributed by atoms with Gasteiger partial charge in [0, 0.05) is 18.7 Å². The van der Waals surface area contributed by atoms with E-state index in [2.05, 4.69) is 15.3 Å². The van der Waals surface area contributed by atoms with Crippen LogP contribution in [0, 0.1) is 12.8 Å². The van der Waals surface area contributed by atoms with Crippen LogP contribution in [-0.2, 0) is 4.74 Å². The Hall–Kier alpha value is -1.69. The summed E-state index contributed by atoms with van der Waals surface area (Å²) in [6.45, 7) is 6.46. The highest BCUT2D eigenvalue weighted by Gasteiger charge is 2.17. The molecule has 0 radical (unpaired) electrons. The molecule has 6 nitrogen and oxygen atoms in total. The molecule has 0 bridgehead atoms. The standard InChI is InChI=1S/C13H19N3O3/c1-3-18-12(17)11-7-15-13(16-9(11)2)19-8-10-4-5-14-6-10/h7,10,14H,3-6,8H2,1-2H3. The lowest BCUT2D eigenvalue weighted by Crippen LogP contribution is -2.17. The van der Waals surface area contributed by atoms with Crippen LogP contribution >= 0.6 is 0 Å². The van der Waals surface area contributed by atoms with E-state index >= 15 is 0 Å². The van der Waals surface area contributed by atoms with Crippen molar-refractivity contribution < 1.29 is 14.3 Å². The van der Waals surface area contributed by atoms with Gasteiger partial charge < -0.3 is 14.8 Å². The normalized spacial score (nSPS) is 18.3. The number of esters is 1. The zero-order valence-electron chi connectivity index (χ0n) is 11.3. The van der Waals surface area contributed by atoms with Gasteiger partial charge >= 0.3 is 12.0 Å². The zero-order chi connectivity index (χ0) is 13.7. The van der Waals surface area contributed by atoms with Crippen LogP contribution in [0.2, 0.25) is 0 Å². The molecule has 0 aromatic carbocycles. The van der Waals surface area contributed by atoms with Gasteiger partial charge in [-0.25, -0.2) is 9.78 Å². The Labute approximate surface area is 112 Å². The maximum atomic E-state index is 11.6. The fraction of sp³-hybridized carbons (Fsp3) is 0.615. The number of nitrogens with one attached hydrogen (secondary N) is 1. The zero-order valence-corrected chi connectivity index (χ0v) is 11.3. The van der Waals surface area contributed by atoms with Crippen molar-refractivity contribution in [3.05, 3.63) is 17.5 Å². The quantitative estimate of drug-likeness (QED) is 0.799. The lowest BCUT2D eigenvalue weighted by molar-refractivity contribution is 0.0524. The minimum Gasteiger partial charge on any atom is -0.463 e. The molecular formula is C13H19N3O3. The fourth-order valence-electron chi connectivity index (χ4n) is 1.97. The van der Waals surface area contributed by atoms with Crippen LogP contribution in [0.3, 0.4) is 0 Å². The van der Waals surface area contributed by atoms with E-state index in [1.165, 1.54) is 6.20 Å². The van der Waals surface area contributed by atoms with Gasteiger partial charge in [-0.15, -0.1) is 0 Å². The first-order chi connectivity index (χ1) is 9.20. The summed E-state index contributed by atoms with van der Waals surface area (Å²) >= 11 is 0. The number of nitrogens with zero attached hydrogens (tertiary/aromatic N) is 2. The summed E-state index contributed by atoms with van der Waals surface area (Å²) in [6, 6.07) is 0.317. The Kier molecular flexibility index (Phi) is 4.68. The number of hydrogen-bond donors (Lipinski definition) is 1. The lowest BCUT2D eigenvalue weighted by Gasteiger charge is -2.10. The summed E-state index contributed by atoms with van der Waals surface area (Å²) in [7, 11) is 0. The molecule has 104 valence electrons. The van der Waals surface area contributed by atoms with Gasteiger partial charge in [0.2, 0.25) is 0 Å². The van der Waals surface area contributed by atoms with Crippen LogP contribution in [0.1, 0.15) is 29.4 Å². The maximum absolute atomic E-state index is 11.6. The Morgan fingerprint density at radius 2 is 2.42 bits per heavy atom. The molecule has 6 heteroatoms. The van der Waals surface area contributed by atoms with Gasteiger partial charge in [-0.2, -0.15) is 4.98 Å². The monoisotopic (exact) mass is 265 g/mol. The maximum Gasteiger partial charge on any atom is 0.341 e. The van der Waals surface area contributed by atoms with E-state index in [1.54, 1.807) is 13.8 Å². The molecule has 0 amide bonds. The van der Waals surface area contributed by atoms with Gasteiger partial charge in [-0.05, 0) is 26.8 Å². The average Bonchev–Trinajstić information content (AvgIpc) is 2.89. The molecule has 1 N–H and O–H groups in total. The molecule has 2 rings (SSSR count). The summed E-state index contributed by atoms with van der Waals surface area (Å²) < 4.78 is 10.5. The number of carbonyl (C=O) groups is 1. The minimum absolute atomic E-state index is 0.317.